The maximum absolute atomic E-state index is 10.8. The molecule has 0 aliphatic heterocycles. The molecule has 90 valence electrons. The van der Waals surface area contributed by atoms with Gasteiger partial charge in [0, 0.05) is 22.7 Å². The number of thiazole rings is 1. The molecule has 6 heteroatoms. The van der Waals surface area contributed by atoms with E-state index in [0.717, 1.165) is 21.8 Å². The third-order valence-electron chi connectivity index (χ3n) is 2.48. The molecule has 18 heavy (non-hydrogen) atoms. The molecule has 0 bridgehead atoms. The number of aromatic amines is 1. The average Bonchev–Trinajstić information content (AvgIpc) is 3.10. The number of nitrogens with one attached hydrogen (secondary N) is 1. The minimum atomic E-state index is -0.980. The minimum absolute atomic E-state index is 0.155. The second kappa shape index (κ2) is 4.15. The van der Waals surface area contributed by atoms with E-state index in [-0.39, 0.29) is 5.69 Å². The van der Waals surface area contributed by atoms with Crippen molar-refractivity contribution in [1.29, 1.82) is 0 Å². The van der Waals surface area contributed by atoms with Crippen molar-refractivity contribution in [1.82, 2.24) is 9.97 Å². The molecular formula is C12H8N2O3S. The molecule has 0 saturated carbocycles. The van der Waals surface area contributed by atoms with Gasteiger partial charge in [-0.25, -0.2) is 9.78 Å². The number of furan rings is 1. The summed E-state index contributed by atoms with van der Waals surface area (Å²) in [5, 5.41) is 11.6. The highest BCUT2D eigenvalue weighted by atomic mass is 32.1. The lowest BCUT2D eigenvalue weighted by Crippen LogP contribution is -1.94. The standard InChI is InChI=1S/C12H8N2O3S/c15-12(16)9-3-8(4-13-9)10-6-18-11(14-10)7-1-2-17-5-7/h1-6,13H,(H,15,16). The highest BCUT2D eigenvalue weighted by Gasteiger charge is 2.11. The number of hydrogen-bond acceptors (Lipinski definition) is 4. The molecule has 2 N–H and O–H groups in total. The lowest BCUT2D eigenvalue weighted by Gasteiger charge is -1.88. The van der Waals surface area contributed by atoms with Crippen LogP contribution in [0.4, 0.5) is 0 Å². The number of carboxylic acids is 1. The Labute approximate surface area is 106 Å². The molecule has 3 heterocycles. The van der Waals surface area contributed by atoms with Gasteiger partial charge in [0.25, 0.3) is 0 Å². The summed E-state index contributed by atoms with van der Waals surface area (Å²) in [6.07, 6.45) is 4.86. The number of aromatic carboxylic acids is 1. The molecule has 0 aliphatic carbocycles. The van der Waals surface area contributed by atoms with E-state index in [1.165, 1.54) is 11.3 Å². The Morgan fingerprint density at radius 3 is 3.00 bits per heavy atom. The minimum Gasteiger partial charge on any atom is -0.477 e. The van der Waals surface area contributed by atoms with Crippen LogP contribution >= 0.6 is 11.3 Å². The van der Waals surface area contributed by atoms with Crippen LogP contribution in [0.15, 0.2) is 40.7 Å². The summed E-state index contributed by atoms with van der Waals surface area (Å²) in [4.78, 5) is 17.9. The first-order chi connectivity index (χ1) is 8.74. The van der Waals surface area contributed by atoms with Crippen molar-refractivity contribution in [3.05, 3.63) is 41.9 Å². The van der Waals surface area contributed by atoms with Gasteiger partial charge in [0.15, 0.2) is 0 Å². The van der Waals surface area contributed by atoms with Crippen molar-refractivity contribution < 1.29 is 14.3 Å². The first kappa shape index (κ1) is 10.8. The monoisotopic (exact) mass is 260 g/mol. The third kappa shape index (κ3) is 1.82. The second-order valence-corrected chi connectivity index (χ2v) is 4.52. The van der Waals surface area contributed by atoms with Gasteiger partial charge in [-0.2, -0.15) is 0 Å². The maximum Gasteiger partial charge on any atom is 0.352 e. The summed E-state index contributed by atoms with van der Waals surface area (Å²) < 4.78 is 5.00. The topological polar surface area (TPSA) is 79.1 Å². The third-order valence-corrected chi connectivity index (χ3v) is 3.37. The molecule has 0 saturated heterocycles. The normalized spacial score (nSPS) is 10.7. The van der Waals surface area contributed by atoms with Crippen molar-refractivity contribution >= 4 is 17.3 Å². The van der Waals surface area contributed by atoms with Crippen LogP contribution in [0.2, 0.25) is 0 Å². The summed E-state index contributed by atoms with van der Waals surface area (Å²) >= 11 is 1.49. The van der Waals surface area contributed by atoms with E-state index >= 15 is 0 Å². The Morgan fingerprint density at radius 2 is 2.33 bits per heavy atom. The van der Waals surface area contributed by atoms with Crippen molar-refractivity contribution in [2.75, 3.05) is 0 Å². The van der Waals surface area contributed by atoms with Crippen molar-refractivity contribution in [3.63, 3.8) is 0 Å². The number of aromatic nitrogens is 2. The molecule has 3 rings (SSSR count). The number of carbonyl (C=O) groups is 1. The molecule has 0 unspecified atom stereocenters. The van der Waals surface area contributed by atoms with Crippen molar-refractivity contribution in [2.24, 2.45) is 0 Å². The molecule has 0 atom stereocenters. The first-order valence-electron chi connectivity index (χ1n) is 5.14. The molecule has 0 radical (unpaired) electrons. The fourth-order valence-corrected chi connectivity index (χ4v) is 2.41. The summed E-state index contributed by atoms with van der Waals surface area (Å²) in [6, 6.07) is 3.40. The average molecular weight is 260 g/mol. The van der Waals surface area contributed by atoms with Crippen LogP contribution in [0.3, 0.4) is 0 Å². The van der Waals surface area contributed by atoms with E-state index in [1.807, 2.05) is 11.4 Å². The summed E-state index contributed by atoms with van der Waals surface area (Å²) in [5.41, 5.74) is 2.58. The van der Waals surface area contributed by atoms with Gasteiger partial charge in [-0.3, -0.25) is 0 Å². The van der Waals surface area contributed by atoms with Gasteiger partial charge < -0.3 is 14.5 Å². The van der Waals surface area contributed by atoms with Crippen LogP contribution in [0.1, 0.15) is 10.5 Å². The van der Waals surface area contributed by atoms with Crippen LogP contribution in [-0.2, 0) is 0 Å². The maximum atomic E-state index is 10.8. The number of rotatable bonds is 3. The molecular weight excluding hydrogens is 252 g/mol. The summed E-state index contributed by atoms with van der Waals surface area (Å²) in [6.45, 7) is 0. The zero-order chi connectivity index (χ0) is 12.5. The van der Waals surface area contributed by atoms with Crippen molar-refractivity contribution in [2.45, 2.75) is 0 Å². The molecule has 0 aromatic carbocycles. The Kier molecular flexibility index (Phi) is 2.49. The molecule has 0 aliphatic rings. The van der Waals surface area contributed by atoms with Gasteiger partial charge >= 0.3 is 5.97 Å². The van der Waals surface area contributed by atoms with Crippen molar-refractivity contribution in [3.8, 4) is 21.8 Å². The summed E-state index contributed by atoms with van der Waals surface area (Å²) in [7, 11) is 0. The van der Waals surface area contributed by atoms with Gasteiger partial charge in [-0.05, 0) is 12.1 Å². The molecule has 0 spiro atoms. The van der Waals surface area contributed by atoms with Crippen LogP contribution in [0.25, 0.3) is 21.8 Å². The number of H-pyrrole nitrogens is 1. The van der Waals surface area contributed by atoms with Crippen LogP contribution in [-0.4, -0.2) is 21.0 Å². The molecule has 0 fully saturated rings. The number of nitrogens with zero attached hydrogens (tertiary/aromatic N) is 1. The second-order valence-electron chi connectivity index (χ2n) is 3.66. The van der Waals surface area contributed by atoms with E-state index in [9.17, 15) is 4.79 Å². The quantitative estimate of drug-likeness (QED) is 0.758. The Balaban J connectivity index is 1.95. The van der Waals surface area contributed by atoms with E-state index in [1.54, 1.807) is 24.8 Å². The van der Waals surface area contributed by atoms with Gasteiger partial charge in [-0.15, -0.1) is 11.3 Å². The first-order valence-corrected chi connectivity index (χ1v) is 6.02. The Morgan fingerprint density at radius 1 is 1.44 bits per heavy atom. The Hall–Kier alpha value is -2.34. The number of hydrogen-bond donors (Lipinski definition) is 2. The fourth-order valence-electron chi connectivity index (χ4n) is 1.59. The highest BCUT2D eigenvalue weighted by molar-refractivity contribution is 7.13. The van der Waals surface area contributed by atoms with E-state index in [0.29, 0.717) is 0 Å². The Bertz CT molecular complexity index is 682. The molecule has 3 aromatic heterocycles. The molecule has 0 amide bonds. The highest BCUT2D eigenvalue weighted by Crippen LogP contribution is 2.29. The zero-order valence-electron chi connectivity index (χ0n) is 9.08. The molecule has 5 nitrogen and oxygen atoms in total. The van der Waals surface area contributed by atoms with Crippen LogP contribution in [0.5, 0.6) is 0 Å². The predicted molar refractivity (Wildman–Crippen MR) is 66.6 cm³/mol. The van der Waals surface area contributed by atoms with Gasteiger partial charge in [0.2, 0.25) is 0 Å². The lowest BCUT2D eigenvalue weighted by molar-refractivity contribution is 0.0691. The number of carboxylic acid groups (broad SMARTS) is 1. The van der Waals surface area contributed by atoms with E-state index < -0.39 is 5.97 Å². The van der Waals surface area contributed by atoms with Gasteiger partial charge in [-0.1, -0.05) is 0 Å². The lowest BCUT2D eigenvalue weighted by atomic mass is 10.2. The van der Waals surface area contributed by atoms with Gasteiger partial charge in [0.05, 0.1) is 12.0 Å². The van der Waals surface area contributed by atoms with E-state index in [4.69, 9.17) is 9.52 Å². The fraction of sp³-hybridized carbons (Fsp3) is 0. The van der Waals surface area contributed by atoms with Crippen LogP contribution in [0, 0.1) is 0 Å². The predicted octanol–water partition coefficient (Wildman–Crippen LogP) is 3.10. The largest absolute Gasteiger partial charge is 0.477 e. The summed E-state index contributed by atoms with van der Waals surface area (Å²) in [5.74, 6) is -0.980. The zero-order valence-corrected chi connectivity index (χ0v) is 9.90. The van der Waals surface area contributed by atoms with Gasteiger partial charge in [0.1, 0.15) is 17.0 Å². The van der Waals surface area contributed by atoms with E-state index in [2.05, 4.69) is 9.97 Å². The smallest absolute Gasteiger partial charge is 0.352 e. The SMILES string of the molecule is O=C(O)c1cc(-c2csc(-c3ccoc3)n2)c[nH]1. The van der Waals surface area contributed by atoms with Crippen LogP contribution < -0.4 is 0 Å². The molecule has 3 aromatic rings.